The van der Waals surface area contributed by atoms with E-state index < -0.39 is 34.2 Å². The van der Waals surface area contributed by atoms with Gasteiger partial charge in [-0.05, 0) is 42.5 Å². The minimum Gasteiger partial charge on any atom is -0.454 e. The number of ether oxygens (including phenoxy) is 1. The summed E-state index contributed by atoms with van der Waals surface area (Å²) in [6.07, 6.45) is 0. The first-order chi connectivity index (χ1) is 14.6. The number of Topliss-reactive ketones (excluding diaryl/α,β-unsaturated/α-hetero) is 1. The highest BCUT2D eigenvalue weighted by Crippen LogP contribution is 2.18. The average molecular weight is 450 g/mol. The molecule has 31 heavy (non-hydrogen) atoms. The SMILES string of the molecule is CCN(CC)S(=O)(=O)c1ccc(C(=O)OCC(=O)c2ccc(NC(C)=O)cc2F)cc1. The number of benzene rings is 2. The number of hydrogen-bond donors (Lipinski definition) is 1. The molecule has 1 amide bonds. The van der Waals surface area contributed by atoms with Crippen LogP contribution in [0.4, 0.5) is 10.1 Å². The molecule has 0 heterocycles. The molecule has 0 spiro atoms. The van der Waals surface area contributed by atoms with Gasteiger partial charge in [-0.3, -0.25) is 9.59 Å². The molecule has 2 rings (SSSR count). The van der Waals surface area contributed by atoms with Gasteiger partial charge in [-0.1, -0.05) is 13.8 Å². The van der Waals surface area contributed by atoms with Gasteiger partial charge in [0.15, 0.2) is 6.61 Å². The predicted octanol–water partition coefficient (Wildman–Crippen LogP) is 2.85. The summed E-state index contributed by atoms with van der Waals surface area (Å²) in [7, 11) is -3.66. The number of hydrogen-bond acceptors (Lipinski definition) is 6. The van der Waals surface area contributed by atoms with Gasteiger partial charge in [0.1, 0.15) is 5.82 Å². The van der Waals surface area contributed by atoms with Crippen molar-refractivity contribution in [1.82, 2.24) is 4.31 Å². The number of ketones is 1. The third kappa shape index (κ3) is 5.96. The third-order valence-electron chi connectivity index (χ3n) is 4.36. The Morgan fingerprint density at radius 1 is 1.03 bits per heavy atom. The second-order valence-corrected chi connectivity index (χ2v) is 8.43. The molecule has 1 N–H and O–H groups in total. The number of rotatable bonds is 9. The topological polar surface area (TPSA) is 110 Å². The van der Waals surface area contributed by atoms with Gasteiger partial charge in [0.05, 0.1) is 16.0 Å². The van der Waals surface area contributed by atoms with Crippen molar-refractivity contribution in [3.63, 3.8) is 0 Å². The summed E-state index contributed by atoms with van der Waals surface area (Å²) >= 11 is 0. The van der Waals surface area contributed by atoms with E-state index in [1.807, 2.05) is 0 Å². The van der Waals surface area contributed by atoms with Crippen molar-refractivity contribution in [3.05, 3.63) is 59.4 Å². The second-order valence-electron chi connectivity index (χ2n) is 6.49. The van der Waals surface area contributed by atoms with E-state index in [0.717, 1.165) is 6.07 Å². The predicted molar refractivity (Wildman–Crippen MR) is 112 cm³/mol. The summed E-state index contributed by atoms with van der Waals surface area (Å²) in [6, 6.07) is 8.67. The van der Waals surface area contributed by atoms with Crippen molar-refractivity contribution >= 4 is 33.4 Å². The normalized spacial score (nSPS) is 11.3. The maximum absolute atomic E-state index is 14.1. The Labute approximate surface area is 180 Å². The summed E-state index contributed by atoms with van der Waals surface area (Å²) < 4.78 is 45.2. The lowest BCUT2D eigenvalue weighted by atomic mass is 10.1. The molecule has 2 aromatic rings. The van der Waals surface area contributed by atoms with Crippen LogP contribution in [-0.2, 0) is 19.6 Å². The van der Waals surface area contributed by atoms with Crippen molar-refractivity contribution in [2.24, 2.45) is 0 Å². The Morgan fingerprint density at radius 3 is 2.16 bits per heavy atom. The molecule has 10 heteroatoms. The maximum atomic E-state index is 14.1. The molecule has 0 aliphatic rings. The van der Waals surface area contributed by atoms with E-state index >= 15 is 0 Å². The van der Waals surface area contributed by atoms with Crippen LogP contribution in [0.5, 0.6) is 0 Å². The first-order valence-electron chi connectivity index (χ1n) is 9.47. The molecule has 0 aliphatic heterocycles. The molecule has 0 saturated heterocycles. The van der Waals surface area contributed by atoms with Gasteiger partial charge in [0, 0.05) is 25.7 Å². The van der Waals surface area contributed by atoms with Gasteiger partial charge in [-0.2, -0.15) is 4.31 Å². The van der Waals surface area contributed by atoms with E-state index in [2.05, 4.69) is 5.32 Å². The highest BCUT2D eigenvalue weighted by molar-refractivity contribution is 7.89. The van der Waals surface area contributed by atoms with Crippen LogP contribution in [-0.4, -0.2) is 50.1 Å². The van der Waals surface area contributed by atoms with Crippen LogP contribution < -0.4 is 5.32 Å². The Kier molecular flexibility index (Phi) is 8.01. The summed E-state index contributed by atoms with van der Waals surface area (Å²) in [5.74, 6) is -2.86. The first-order valence-corrected chi connectivity index (χ1v) is 10.9. The van der Waals surface area contributed by atoms with Crippen molar-refractivity contribution in [2.75, 3.05) is 25.0 Å². The monoisotopic (exact) mass is 450 g/mol. The molecular formula is C21H23FN2O6S. The Morgan fingerprint density at radius 2 is 1.65 bits per heavy atom. The van der Waals surface area contributed by atoms with Crippen molar-refractivity contribution in [1.29, 1.82) is 0 Å². The zero-order valence-corrected chi connectivity index (χ0v) is 18.2. The van der Waals surface area contributed by atoms with Gasteiger partial charge >= 0.3 is 5.97 Å². The number of halogens is 1. The number of esters is 1. The molecular weight excluding hydrogens is 427 g/mol. The van der Waals surface area contributed by atoms with Crippen LogP contribution in [0, 0.1) is 5.82 Å². The number of nitrogens with zero attached hydrogens (tertiary/aromatic N) is 1. The Balaban J connectivity index is 2.04. The number of sulfonamides is 1. The standard InChI is InChI=1S/C21H23FN2O6S/c1-4-24(5-2)31(28,29)17-9-6-15(7-10-17)21(27)30-13-20(26)18-11-8-16(12-19(18)22)23-14(3)25/h6-12H,4-5,13H2,1-3H3,(H,23,25). The van der Waals surface area contributed by atoms with E-state index in [1.165, 1.54) is 47.6 Å². The number of nitrogens with one attached hydrogen (secondary N) is 1. The average Bonchev–Trinajstić information content (AvgIpc) is 2.72. The molecule has 0 atom stereocenters. The van der Waals surface area contributed by atoms with Crippen LogP contribution in [0.3, 0.4) is 0 Å². The van der Waals surface area contributed by atoms with Gasteiger partial charge < -0.3 is 10.1 Å². The summed E-state index contributed by atoms with van der Waals surface area (Å²) in [6.45, 7) is 4.64. The maximum Gasteiger partial charge on any atom is 0.338 e. The molecule has 8 nitrogen and oxygen atoms in total. The lowest BCUT2D eigenvalue weighted by molar-refractivity contribution is -0.114. The smallest absolute Gasteiger partial charge is 0.338 e. The van der Waals surface area contributed by atoms with E-state index in [1.54, 1.807) is 13.8 Å². The van der Waals surface area contributed by atoms with Crippen LogP contribution >= 0.6 is 0 Å². The van der Waals surface area contributed by atoms with Crippen LogP contribution in [0.1, 0.15) is 41.5 Å². The summed E-state index contributed by atoms with van der Waals surface area (Å²) in [4.78, 5) is 35.4. The van der Waals surface area contributed by atoms with Crippen LogP contribution in [0.25, 0.3) is 0 Å². The molecule has 0 fully saturated rings. The minimum absolute atomic E-state index is 0.0326. The quantitative estimate of drug-likeness (QED) is 0.465. The van der Waals surface area contributed by atoms with Gasteiger partial charge in [0.25, 0.3) is 0 Å². The van der Waals surface area contributed by atoms with Crippen molar-refractivity contribution < 1.29 is 31.9 Å². The molecule has 2 aromatic carbocycles. The largest absolute Gasteiger partial charge is 0.454 e. The van der Waals surface area contributed by atoms with Gasteiger partial charge in [-0.15, -0.1) is 0 Å². The Hall–Kier alpha value is -3.11. The molecule has 0 aromatic heterocycles. The highest BCUT2D eigenvalue weighted by atomic mass is 32.2. The zero-order chi connectivity index (χ0) is 23.2. The summed E-state index contributed by atoms with van der Waals surface area (Å²) in [5.41, 5.74) is -0.0476. The van der Waals surface area contributed by atoms with Crippen molar-refractivity contribution in [3.8, 4) is 0 Å². The van der Waals surface area contributed by atoms with E-state index in [-0.39, 0.29) is 27.6 Å². The number of amides is 1. The number of carbonyl (C=O) groups excluding carboxylic acids is 3. The second kappa shape index (κ2) is 10.3. The molecule has 166 valence electrons. The third-order valence-corrected chi connectivity index (χ3v) is 6.42. The van der Waals surface area contributed by atoms with E-state index in [9.17, 15) is 27.2 Å². The van der Waals surface area contributed by atoms with Crippen LogP contribution in [0.2, 0.25) is 0 Å². The summed E-state index contributed by atoms with van der Waals surface area (Å²) in [5, 5.41) is 2.39. The minimum atomic E-state index is -3.66. The Bertz CT molecular complexity index is 1080. The molecule has 0 radical (unpaired) electrons. The lowest BCUT2D eigenvalue weighted by Gasteiger charge is -2.18. The van der Waals surface area contributed by atoms with E-state index in [0.29, 0.717) is 13.1 Å². The highest BCUT2D eigenvalue weighted by Gasteiger charge is 2.22. The van der Waals surface area contributed by atoms with Crippen LogP contribution in [0.15, 0.2) is 47.4 Å². The number of anilines is 1. The van der Waals surface area contributed by atoms with Gasteiger partial charge in [-0.25, -0.2) is 17.6 Å². The lowest BCUT2D eigenvalue weighted by Crippen LogP contribution is -2.30. The van der Waals surface area contributed by atoms with Crippen molar-refractivity contribution in [2.45, 2.75) is 25.7 Å². The molecule has 0 unspecified atom stereocenters. The fraction of sp³-hybridized carbons (Fsp3) is 0.286. The zero-order valence-electron chi connectivity index (χ0n) is 17.3. The first kappa shape index (κ1) is 24.2. The fourth-order valence-corrected chi connectivity index (χ4v) is 4.25. The molecule has 0 aliphatic carbocycles. The molecule has 0 bridgehead atoms. The molecule has 0 saturated carbocycles. The van der Waals surface area contributed by atoms with E-state index in [4.69, 9.17) is 4.74 Å². The number of carbonyl (C=O) groups is 3. The fourth-order valence-electron chi connectivity index (χ4n) is 2.79. The van der Waals surface area contributed by atoms with Gasteiger partial charge in [0.2, 0.25) is 21.7 Å².